The Kier molecular flexibility index (Phi) is 10.5. The number of methoxy groups -OCH3 is 1. The molecule has 2 amide bonds. The van der Waals surface area contributed by atoms with Gasteiger partial charge in [0.25, 0.3) is 0 Å². The van der Waals surface area contributed by atoms with Crippen molar-refractivity contribution in [3.63, 3.8) is 0 Å². The third-order valence-electron chi connectivity index (χ3n) is 7.12. The molecular weight excluding hydrogens is 544 g/mol. The molecule has 0 spiro atoms. The number of amides is 2. The van der Waals surface area contributed by atoms with Gasteiger partial charge in [-0.2, -0.15) is 0 Å². The number of aromatic nitrogens is 1. The predicted molar refractivity (Wildman–Crippen MR) is 163 cm³/mol. The fraction of sp³-hybridized carbons (Fsp3) is 0.484. The summed E-state index contributed by atoms with van der Waals surface area (Å²) in [6.07, 6.45) is 5.56. The molecule has 0 aliphatic carbocycles. The van der Waals surface area contributed by atoms with Crippen LogP contribution in [-0.2, 0) is 0 Å². The van der Waals surface area contributed by atoms with Gasteiger partial charge >= 0.3 is 6.03 Å². The number of urea groups is 1. The monoisotopic (exact) mass is 584 g/mol. The van der Waals surface area contributed by atoms with E-state index < -0.39 is 0 Å². The first kappa shape index (κ1) is 30.7. The fourth-order valence-electron chi connectivity index (χ4n) is 4.84. The Balaban J connectivity index is 1.39. The lowest BCUT2D eigenvalue weighted by atomic mass is 9.92. The minimum absolute atomic E-state index is 0.137. The number of nitrogens with zero attached hydrogens (tertiary/aromatic N) is 2. The number of rotatable bonds is 12. The topological polar surface area (TPSA) is 105 Å². The summed E-state index contributed by atoms with van der Waals surface area (Å²) in [6, 6.07) is 10.6. The van der Waals surface area contributed by atoms with Crippen molar-refractivity contribution in [1.82, 2.24) is 15.2 Å². The Labute approximate surface area is 247 Å². The molecule has 0 saturated carbocycles. The number of hydrogen-bond donors (Lipinski definition) is 3. The second kappa shape index (κ2) is 14.1. The molecule has 2 aromatic carbocycles. The lowest BCUT2D eigenvalue weighted by Gasteiger charge is -2.22. The fourth-order valence-corrected chi connectivity index (χ4v) is 5.06. The van der Waals surface area contributed by atoms with Crippen LogP contribution in [0.3, 0.4) is 0 Å². The maximum absolute atomic E-state index is 12.3. The van der Waals surface area contributed by atoms with Crippen LogP contribution in [0.4, 0.5) is 10.5 Å². The summed E-state index contributed by atoms with van der Waals surface area (Å²) < 4.78 is 17.9. The summed E-state index contributed by atoms with van der Waals surface area (Å²) in [6.45, 7) is 9.60. The molecule has 1 aliphatic rings. The zero-order valence-electron chi connectivity index (χ0n) is 24.3. The maximum Gasteiger partial charge on any atom is 0.319 e. The number of aliphatic hydroxyl groups is 1. The molecule has 222 valence electrons. The first-order valence-corrected chi connectivity index (χ1v) is 14.5. The van der Waals surface area contributed by atoms with Crippen molar-refractivity contribution in [3.8, 4) is 23.0 Å². The van der Waals surface area contributed by atoms with E-state index >= 15 is 0 Å². The quantitative estimate of drug-likeness (QED) is 0.209. The number of aliphatic hydroxyl groups excluding tert-OH is 1. The molecule has 1 atom stereocenters. The van der Waals surface area contributed by atoms with Crippen LogP contribution in [0.25, 0.3) is 10.9 Å². The largest absolute Gasteiger partial charge is 0.493 e. The van der Waals surface area contributed by atoms with Crippen LogP contribution in [0.1, 0.15) is 46.5 Å². The van der Waals surface area contributed by atoms with E-state index in [1.54, 1.807) is 37.6 Å². The van der Waals surface area contributed by atoms with Crippen molar-refractivity contribution < 1.29 is 24.1 Å². The first-order valence-electron chi connectivity index (χ1n) is 14.1. The van der Waals surface area contributed by atoms with Crippen molar-refractivity contribution in [3.05, 3.63) is 47.6 Å². The lowest BCUT2D eigenvalue weighted by molar-refractivity contribution is 0.150. The molecule has 4 rings (SSSR count). The number of fused-ring (bicyclic) bond motifs is 1. The molecule has 1 aliphatic heterocycles. The number of likely N-dealkylation sites (tertiary alicyclic amines) is 1. The van der Waals surface area contributed by atoms with Gasteiger partial charge in [0.15, 0.2) is 11.5 Å². The van der Waals surface area contributed by atoms with Gasteiger partial charge in [-0.1, -0.05) is 32.4 Å². The molecule has 1 saturated heterocycles. The molecular formula is C31H41ClN4O5. The second-order valence-corrected chi connectivity index (χ2v) is 11.9. The van der Waals surface area contributed by atoms with Crippen LogP contribution >= 0.6 is 11.6 Å². The number of pyridine rings is 1. The lowest BCUT2D eigenvalue weighted by Crippen LogP contribution is -2.33. The molecule has 2 heterocycles. The molecule has 0 bridgehead atoms. The van der Waals surface area contributed by atoms with E-state index in [1.165, 1.54) is 0 Å². The number of anilines is 1. The van der Waals surface area contributed by atoms with Crippen molar-refractivity contribution in [2.45, 2.75) is 52.5 Å². The Morgan fingerprint density at radius 3 is 2.73 bits per heavy atom. The zero-order chi connectivity index (χ0) is 29.4. The molecule has 41 heavy (non-hydrogen) atoms. The van der Waals surface area contributed by atoms with E-state index in [-0.39, 0.29) is 24.1 Å². The number of carbonyl (C=O) groups is 1. The average Bonchev–Trinajstić information content (AvgIpc) is 3.39. The van der Waals surface area contributed by atoms with Gasteiger partial charge < -0.3 is 30.0 Å². The van der Waals surface area contributed by atoms with E-state index in [4.69, 9.17) is 25.8 Å². The van der Waals surface area contributed by atoms with Gasteiger partial charge in [-0.05, 0) is 61.9 Å². The number of halogens is 1. The molecule has 1 aromatic heterocycles. The minimum Gasteiger partial charge on any atom is -0.493 e. The highest BCUT2D eigenvalue weighted by Crippen LogP contribution is 2.38. The van der Waals surface area contributed by atoms with Crippen molar-refractivity contribution in [1.29, 1.82) is 0 Å². The van der Waals surface area contributed by atoms with Gasteiger partial charge in [-0.15, -0.1) is 0 Å². The van der Waals surface area contributed by atoms with Gasteiger partial charge in [0.1, 0.15) is 11.5 Å². The van der Waals surface area contributed by atoms with Gasteiger partial charge in [0, 0.05) is 42.8 Å². The highest BCUT2D eigenvalue weighted by Gasteiger charge is 2.23. The van der Waals surface area contributed by atoms with E-state index in [0.29, 0.717) is 52.4 Å². The van der Waals surface area contributed by atoms with Crippen LogP contribution in [-0.4, -0.2) is 67.0 Å². The van der Waals surface area contributed by atoms with E-state index in [0.717, 1.165) is 44.2 Å². The standard InChI is InChI=1S/C31H41ClN4O5/c1-31(2,3)11-13-34-30(38)35-25-9-8-22(17-24(25)32)41-27-10-12-33-26-19-29(28(39-4)18-23(26)27)40-16-6-15-36-14-5-7-21(36)20-37/h8-10,12,17-19,21,37H,5-7,11,13-16,20H2,1-4H3,(H2,34,35,38). The maximum atomic E-state index is 12.3. The van der Waals surface area contributed by atoms with E-state index in [9.17, 15) is 9.90 Å². The van der Waals surface area contributed by atoms with Crippen LogP contribution in [0.15, 0.2) is 42.6 Å². The van der Waals surface area contributed by atoms with Crippen molar-refractivity contribution >= 4 is 34.2 Å². The predicted octanol–water partition coefficient (Wildman–Crippen LogP) is 6.47. The molecule has 1 unspecified atom stereocenters. The number of carbonyl (C=O) groups excluding carboxylic acids is 1. The summed E-state index contributed by atoms with van der Waals surface area (Å²) in [5, 5.41) is 16.3. The zero-order valence-corrected chi connectivity index (χ0v) is 25.1. The normalized spacial score (nSPS) is 15.6. The molecule has 10 heteroatoms. The van der Waals surface area contributed by atoms with Gasteiger partial charge in [0.2, 0.25) is 0 Å². The Hall–Kier alpha value is -3.27. The minimum atomic E-state index is -0.305. The molecule has 3 aromatic rings. The number of hydrogen-bond acceptors (Lipinski definition) is 7. The second-order valence-electron chi connectivity index (χ2n) is 11.5. The van der Waals surface area contributed by atoms with Crippen LogP contribution in [0.2, 0.25) is 5.02 Å². The number of ether oxygens (including phenoxy) is 3. The Bertz CT molecular complexity index is 1330. The SMILES string of the molecule is COc1cc2c(Oc3ccc(NC(=O)NCCC(C)(C)C)c(Cl)c3)ccnc2cc1OCCCN1CCCC1CO. The number of nitrogens with one attached hydrogen (secondary N) is 2. The van der Waals surface area contributed by atoms with Crippen LogP contribution < -0.4 is 24.8 Å². The van der Waals surface area contributed by atoms with Gasteiger partial charge in [-0.3, -0.25) is 9.88 Å². The summed E-state index contributed by atoms with van der Waals surface area (Å²) in [4.78, 5) is 19.1. The average molecular weight is 585 g/mol. The smallest absolute Gasteiger partial charge is 0.319 e. The highest BCUT2D eigenvalue weighted by molar-refractivity contribution is 6.33. The Morgan fingerprint density at radius 1 is 1.17 bits per heavy atom. The third-order valence-corrected chi connectivity index (χ3v) is 7.43. The Morgan fingerprint density at radius 2 is 2.00 bits per heavy atom. The van der Waals surface area contributed by atoms with Crippen LogP contribution in [0.5, 0.6) is 23.0 Å². The van der Waals surface area contributed by atoms with Gasteiger partial charge in [0.05, 0.1) is 36.6 Å². The molecule has 9 nitrogen and oxygen atoms in total. The summed E-state index contributed by atoms with van der Waals surface area (Å²) >= 11 is 6.46. The summed E-state index contributed by atoms with van der Waals surface area (Å²) in [7, 11) is 1.60. The molecule has 0 radical (unpaired) electrons. The summed E-state index contributed by atoms with van der Waals surface area (Å²) in [5.74, 6) is 2.30. The van der Waals surface area contributed by atoms with Crippen LogP contribution in [0, 0.1) is 5.41 Å². The first-order chi connectivity index (χ1) is 19.7. The van der Waals surface area contributed by atoms with Crippen molar-refractivity contribution in [2.75, 3.05) is 45.3 Å². The summed E-state index contributed by atoms with van der Waals surface area (Å²) in [5.41, 5.74) is 1.33. The van der Waals surface area contributed by atoms with Gasteiger partial charge in [-0.25, -0.2) is 4.79 Å². The molecule has 3 N–H and O–H groups in total. The number of benzene rings is 2. The van der Waals surface area contributed by atoms with Crippen molar-refractivity contribution in [2.24, 2.45) is 5.41 Å². The third kappa shape index (κ3) is 8.61. The highest BCUT2D eigenvalue weighted by atomic mass is 35.5. The van der Waals surface area contributed by atoms with E-state index in [1.807, 2.05) is 12.1 Å². The molecule has 1 fully saturated rings. The van der Waals surface area contributed by atoms with E-state index in [2.05, 4.69) is 41.3 Å².